The summed E-state index contributed by atoms with van der Waals surface area (Å²) < 4.78 is 0. The first-order chi connectivity index (χ1) is 9.72. The van der Waals surface area contributed by atoms with Crippen LogP contribution in [0.5, 0.6) is 0 Å². The number of thiazole rings is 1. The molecule has 1 aromatic heterocycles. The highest BCUT2D eigenvalue weighted by Crippen LogP contribution is 2.37. The zero-order valence-corrected chi connectivity index (χ0v) is 13.0. The molecule has 20 heavy (non-hydrogen) atoms. The van der Waals surface area contributed by atoms with E-state index in [4.69, 9.17) is 10.7 Å². The first-order valence-corrected chi connectivity index (χ1v) is 8.10. The summed E-state index contributed by atoms with van der Waals surface area (Å²) in [5.74, 6) is 0. The van der Waals surface area contributed by atoms with Gasteiger partial charge in [-0.25, -0.2) is 4.98 Å². The van der Waals surface area contributed by atoms with Crippen LogP contribution in [-0.4, -0.2) is 11.5 Å². The van der Waals surface area contributed by atoms with Gasteiger partial charge in [0.1, 0.15) is 0 Å². The third-order valence-corrected chi connectivity index (χ3v) is 5.01. The Labute approximate surface area is 124 Å². The maximum atomic E-state index is 5.84. The van der Waals surface area contributed by atoms with Crippen molar-refractivity contribution in [1.29, 1.82) is 0 Å². The molecule has 2 aromatic rings. The van der Waals surface area contributed by atoms with Gasteiger partial charge in [0.15, 0.2) is 5.13 Å². The first kappa shape index (κ1) is 13.6. The van der Waals surface area contributed by atoms with Crippen molar-refractivity contribution >= 4 is 22.2 Å². The van der Waals surface area contributed by atoms with Crippen molar-refractivity contribution in [2.24, 2.45) is 5.73 Å². The number of hydrogen-bond donors (Lipinski definition) is 1. The van der Waals surface area contributed by atoms with Gasteiger partial charge in [-0.3, -0.25) is 0 Å². The van der Waals surface area contributed by atoms with Crippen molar-refractivity contribution in [3.05, 3.63) is 39.9 Å². The van der Waals surface area contributed by atoms with Gasteiger partial charge in [0.25, 0.3) is 0 Å². The summed E-state index contributed by atoms with van der Waals surface area (Å²) in [6.45, 7) is 5.95. The first-order valence-electron chi connectivity index (χ1n) is 7.28. The number of anilines is 2. The molecule has 3 nitrogen and oxygen atoms in total. The molecule has 1 aliphatic heterocycles. The van der Waals surface area contributed by atoms with E-state index in [0.717, 1.165) is 23.8 Å². The van der Waals surface area contributed by atoms with Gasteiger partial charge in [0, 0.05) is 23.7 Å². The van der Waals surface area contributed by atoms with Gasteiger partial charge < -0.3 is 10.6 Å². The lowest BCUT2D eigenvalue weighted by Gasteiger charge is -2.29. The van der Waals surface area contributed by atoms with Crippen LogP contribution in [0.2, 0.25) is 0 Å². The van der Waals surface area contributed by atoms with E-state index < -0.39 is 0 Å². The lowest BCUT2D eigenvalue weighted by Crippen LogP contribution is -2.24. The number of nitrogens with zero attached hydrogens (tertiary/aromatic N) is 2. The predicted molar refractivity (Wildman–Crippen MR) is 85.9 cm³/mol. The fraction of sp³-hybridized carbons (Fsp3) is 0.438. The number of aryl methyl sites for hydroxylation is 3. The van der Waals surface area contributed by atoms with E-state index in [-0.39, 0.29) is 0 Å². The summed E-state index contributed by atoms with van der Waals surface area (Å²) in [4.78, 5) is 8.40. The zero-order chi connectivity index (χ0) is 14.1. The van der Waals surface area contributed by atoms with Crippen LogP contribution in [0.15, 0.2) is 18.2 Å². The predicted octanol–water partition coefficient (Wildman–Crippen LogP) is 3.56. The average molecular weight is 287 g/mol. The van der Waals surface area contributed by atoms with Crippen molar-refractivity contribution in [3.8, 4) is 0 Å². The van der Waals surface area contributed by atoms with Crippen LogP contribution in [0.4, 0.5) is 10.8 Å². The quantitative estimate of drug-likeness (QED) is 0.938. The third-order valence-electron chi connectivity index (χ3n) is 3.87. The summed E-state index contributed by atoms with van der Waals surface area (Å²) in [5, 5.41) is 1.10. The van der Waals surface area contributed by atoms with Crippen LogP contribution < -0.4 is 10.6 Å². The minimum Gasteiger partial charge on any atom is -0.326 e. The summed E-state index contributed by atoms with van der Waals surface area (Å²) in [5.41, 5.74) is 11.1. The smallest absolute Gasteiger partial charge is 0.190 e. The van der Waals surface area contributed by atoms with Crippen LogP contribution in [0.3, 0.4) is 0 Å². The second-order valence-corrected chi connectivity index (χ2v) is 6.37. The van der Waals surface area contributed by atoms with Crippen molar-refractivity contribution in [2.45, 2.75) is 39.7 Å². The highest BCUT2D eigenvalue weighted by Gasteiger charge is 2.22. The molecule has 0 spiro atoms. The highest BCUT2D eigenvalue weighted by atomic mass is 32.1. The van der Waals surface area contributed by atoms with Crippen LogP contribution >= 0.6 is 11.3 Å². The van der Waals surface area contributed by atoms with Crippen molar-refractivity contribution in [3.63, 3.8) is 0 Å². The summed E-state index contributed by atoms with van der Waals surface area (Å²) in [7, 11) is 0. The van der Waals surface area contributed by atoms with E-state index >= 15 is 0 Å². The summed E-state index contributed by atoms with van der Waals surface area (Å²) >= 11 is 1.75. The molecule has 0 unspecified atom stereocenters. The molecular formula is C16H21N3S. The van der Waals surface area contributed by atoms with E-state index in [2.05, 4.69) is 36.9 Å². The van der Waals surface area contributed by atoms with E-state index in [1.54, 1.807) is 11.3 Å². The SMILES string of the molecule is CCc1nc(N2CCCc3cc(C)ccc32)sc1CN. The molecule has 0 radical (unpaired) electrons. The zero-order valence-electron chi connectivity index (χ0n) is 12.1. The normalized spacial score (nSPS) is 14.4. The van der Waals surface area contributed by atoms with Crippen molar-refractivity contribution in [2.75, 3.05) is 11.4 Å². The van der Waals surface area contributed by atoms with Crippen LogP contribution in [0.1, 0.15) is 35.0 Å². The molecule has 1 aromatic carbocycles. The van der Waals surface area contributed by atoms with Crippen LogP contribution in [-0.2, 0) is 19.4 Å². The molecule has 0 amide bonds. The maximum Gasteiger partial charge on any atom is 0.190 e. The fourth-order valence-electron chi connectivity index (χ4n) is 2.85. The van der Waals surface area contributed by atoms with Gasteiger partial charge in [0.05, 0.1) is 5.69 Å². The highest BCUT2D eigenvalue weighted by molar-refractivity contribution is 7.15. The van der Waals surface area contributed by atoms with Crippen LogP contribution in [0, 0.1) is 6.92 Å². The fourth-order valence-corrected chi connectivity index (χ4v) is 3.91. The minimum atomic E-state index is 0.593. The van der Waals surface area contributed by atoms with Gasteiger partial charge >= 0.3 is 0 Å². The Morgan fingerprint density at radius 1 is 1.40 bits per heavy atom. The third kappa shape index (κ3) is 2.34. The van der Waals surface area contributed by atoms with Gasteiger partial charge in [-0.15, -0.1) is 0 Å². The largest absolute Gasteiger partial charge is 0.326 e. The van der Waals surface area contributed by atoms with Gasteiger partial charge in [-0.1, -0.05) is 36.0 Å². The molecule has 0 saturated carbocycles. The standard InChI is InChI=1S/C16H21N3S/c1-3-13-15(10-17)20-16(18-13)19-8-4-5-12-9-11(2)6-7-14(12)19/h6-7,9H,3-5,8,10,17H2,1-2H3. The Bertz CT molecular complexity index is 597. The lowest BCUT2D eigenvalue weighted by molar-refractivity contribution is 0.762. The molecule has 1 aliphatic rings. The van der Waals surface area contributed by atoms with Crippen molar-refractivity contribution in [1.82, 2.24) is 4.98 Å². The van der Waals surface area contributed by atoms with E-state index in [1.165, 1.54) is 34.5 Å². The molecular weight excluding hydrogens is 266 g/mol. The summed E-state index contributed by atoms with van der Waals surface area (Å²) in [6, 6.07) is 6.73. The number of rotatable bonds is 3. The second-order valence-electron chi connectivity index (χ2n) is 5.31. The second kappa shape index (κ2) is 5.54. The van der Waals surface area contributed by atoms with Crippen molar-refractivity contribution < 1.29 is 0 Å². The molecule has 2 N–H and O–H groups in total. The Morgan fingerprint density at radius 2 is 2.25 bits per heavy atom. The monoisotopic (exact) mass is 287 g/mol. The molecule has 0 saturated heterocycles. The lowest BCUT2D eigenvalue weighted by atomic mass is 10.00. The molecule has 106 valence electrons. The minimum absolute atomic E-state index is 0.593. The molecule has 2 heterocycles. The molecule has 0 atom stereocenters. The van der Waals surface area contributed by atoms with Gasteiger partial charge in [0.2, 0.25) is 0 Å². The Balaban J connectivity index is 2.02. The van der Waals surface area contributed by atoms with E-state index in [0.29, 0.717) is 6.54 Å². The number of hydrogen-bond acceptors (Lipinski definition) is 4. The van der Waals surface area contributed by atoms with Gasteiger partial charge in [-0.2, -0.15) is 0 Å². The Kier molecular flexibility index (Phi) is 3.76. The Morgan fingerprint density at radius 3 is 2.95 bits per heavy atom. The molecule has 0 bridgehead atoms. The number of nitrogens with two attached hydrogens (primary N) is 1. The van der Waals surface area contributed by atoms with E-state index in [9.17, 15) is 0 Å². The summed E-state index contributed by atoms with van der Waals surface area (Å²) in [6.07, 6.45) is 3.32. The molecule has 4 heteroatoms. The Hall–Kier alpha value is -1.39. The topological polar surface area (TPSA) is 42.2 Å². The van der Waals surface area contributed by atoms with Crippen LogP contribution in [0.25, 0.3) is 0 Å². The van der Waals surface area contributed by atoms with Gasteiger partial charge in [-0.05, 0) is 37.8 Å². The number of benzene rings is 1. The molecule has 3 rings (SSSR count). The molecule has 0 fully saturated rings. The number of aromatic nitrogens is 1. The number of fused-ring (bicyclic) bond motifs is 1. The maximum absolute atomic E-state index is 5.84. The van der Waals surface area contributed by atoms with E-state index in [1.807, 2.05) is 0 Å². The molecule has 0 aliphatic carbocycles. The average Bonchev–Trinajstić information content (AvgIpc) is 2.89.